The van der Waals surface area contributed by atoms with Gasteiger partial charge >= 0.3 is 0 Å². The number of aromatic amines is 1. The Balaban J connectivity index is 2.03. The molecule has 0 aliphatic heterocycles. The van der Waals surface area contributed by atoms with Gasteiger partial charge in [0.15, 0.2) is 0 Å². The van der Waals surface area contributed by atoms with E-state index >= 15 is 0 Å². The van der Waals surface area contributed by atoms with Crippen LogP contribution in [0.15, 0.2) is 18.5 Å². The molecule has 0 radical (unpaired) electrons. The monoisotopic (exact) mass is 285 g/mol. The van der Waals surface area contributed by atoms with Crippen molar-refractivity contribution in [1.29, 1.82) is 0 Å². The van der Waals surface area contributed by atoms with E-state index in [0.717, 1.165) is 37.4 Å². The minimum absolute atomic E-state index is 0.237. The van der Waals surface area contributed by atoms with Crippen molar-refractivity contribution in [2.45, 2.75) is 6.92 Å². The molecule has 4 rings (SSSR count). The summed E-state index contributed by atoms with van der Waals surface area (Å²) in [5.74, 6) is 0.237. The highest BCUT2D eigenvalue weighted by Crippen LogP contribution is 2.39. The van der Waals surface area contributed by atoms with Gasteiger partial charge in [-0.3, -0.25) is 9.78 Å². The largest absolute Gasteiger partial charge is 0.507 e. The molecule has 3 heterocycles. The lowest BCUT2D eigenvalue weighted by Gasteiger charge is -2.05. The molecule has 1 aromatic carbocycles. The highest BCUT2D eigenvalue weighted by molar-refractivity contribution is 7.21. The van der Waals surface area contributed by atoms with Crippen molar-refractivity contribution in [2.24, 2.45) is 7.05 Å². The van der Waals surface area contributed by atoms with Gasteiger partial charge in [0.05, 0.1) is 17.3 Å². The summed E-state index contributed by atoms with van der Waals surface area (Å²) < 4.78 is 1.75. The van der Waals surface area contributed by atoms with Crippen LogP contribution in [0.3, 0.4) is 0 Å². The third-order valence-electron chi connectivity index (χ3n) is 3.36. The standard InChI is InChI=1S/C13H11N5OS/c1-6-10-7(5-18(2)17-10)3-8(11(6)19)12-15-9-4-14-16-13(9)20-12/h3-5,19H,1-2H3,(H,14,16). The predicted molar refractivity (Wildman–Crippen MR) is 77.9 cm³/mol. The SMILES string of the molecule is Cc1c(O)c(-c2nc3cn[nH]c3s2)cc2cn(C)nc12. The van der Waals surface area contributed by atoms with E-state index in [-0.39, 0.29) is 5.75 Å². The van der Waals surface area contributed by atoms with Gasteiger partial charge in [-0.05, 0) is 13.0 Å². The number of nitrogens with one attached hydrogen (secondary N) is 1. The van der Waals surface area contributed by atoms with Crippen LogP contribution in [0, 0.1) is 6.92 Å². The molecule has 7 heteroatoms. The van der Waals surface area contributed by atoms with Crippen LogP contribution < -0.4 is 0 Å². The van der Waals surface area contributed by atoms with Crippen molar-refractivity contribution in [3.8, 4) is 16.3 Å². The van der Waals surface area contributed by atoms with Crippen LogP contribution in [-0.2, 0) is 7.05 Å². The number of hydrogen-bond acceptors (Lipinski definition) is 5. The summed E-state index contributed by atoms with van der Waals surface area (Å²) in [6, 6.07) is 1.93. The maximum atomic E-state index is 10.4. The number of thiazole rings is 1. The van der Waals surface area contributed by atoms with E-state index in [4.69, 9.17) is 0 Å². The number of benzene rings is 1. The molecule has 100 valence electrons. The fourth-order valence-electron chi connectivity index (χ4n) is 2.37. The highest BCUT2D eigenvalue weighted by atomic mass is 32.1. The Bertz CT molecular complexity index is 920. The van der Waals surface area contributed by atoms with E-state index in [1.165, 1.54) is 11.3 Å². The fraction of sp³-hybridized carbons (Fsp3) is 0.154. The molecule has 20 heavy (non-hydrogen) atoms. The number of hydrogen-bond donors (Lipinski definition) is 2. The van der Waals surface area contributed by atoms with Gasteiger partial charge in [0.2, 0.25) is 0 Å². The summed E-state index contributed by atoms with van der Waals surface area (Å²) >= 11 is 1.48. The van der Waals surface area contributed by atoms with Crippen LogP contribution in [0.25, 0.3) is 31.8 Å². The first-order valence-corrected chi connectivity index (χ1v) is 6.91. The number of aromatic nitrogens is 5. The molecule has 0 saturated heterocycles. The molecular formula is C13H11N5OS. The van der Waals surface area contributed by atoms with Gasteiger partial charge in [-0.15, -0.1) is 0 Å². The number of aromatic hydroxyl groups is 1. The normalized spacial score (nSPS) is 11.7. The smallest absolute Gasteiger partial charge is 0.139 e. The molecule has 0 unspecified atom stereocenters. The van der Waals surface area contributed by atoms with Crippen molar-refractivity contribution in [3.63, 3.8) is 0 Å². The average molecular weight is 285 g/mol. The lowest BCUT2D eigenvalue weighted by molar-refractivity contribution is 0.474. The van der Waals surface area contributed by atoms with Gasteiger partial charge in [0, 0.05) is 24.2 Å². The summed E-state index contributed by atoms with van der Waals surface area (Å²) in [7, 11) is 1.87. The molecule has 0 amide bonds. The summed E-state index contributed by atoms with van der Waals surface area (Å²) in [6.07, 6.45) is 3.62. The molecule has 2 N–H and O–H groups in total. The van der Waals surface area contributed by atoms with Crippen molar-refractivity contribution >= 4 is 32.6 Å². The molecule has 0 fully saturated rings. The lowest BCUT2D eigenvalue weighted by atomic mass is 10.1. The first-order chi connectivity index (χ1) is 9.63. The van der Waals surface area contributed by atoms with E-state index in [9.17, 15) is 5.11 Å². The van der Waals surface area contributed by atoms with Gasteiger partial charge in [-0.2, -0.15) is 10.2 Å². The second kappa shape index (κ2) is 3.80. The van der Waals surface area contributed by atoms with Crippen LogP contribution in [0.5, 0.6) is 5.75 Å². The quantitative estimate of drug-likeness (QED) is 0.563. The van der Waals surface area contributed by atoms with E-state index in [0.29, 0.717) is 0 Å². The van der Waals surface area contributed by atoms with E-state index < -0.39 is 0 Å². The molecule has 0 bridgehead atoms. The van der Waals surface area contributed by atoms with Crippen molar-refractivity contribution in [2.75, 3.05) is 0 Å². The Morgan fingerprint density at radius 1 is 1.40 bits per heavy atom. The molecule has 6 nitrogen and oxygen atoms in total. The van der Waals surface area contributed by atoms with Crippen LogP contribution in [0.4, 0.5) is 0 Å². The highest BCUT2D eigenvalue weighted by Gasteiger charge is 2.17. The van der Waals surface area contributed by atoms with Crippen LogP contribution >= 0.6 is 11.3 Å². The fourth-order valence-corrected chi connectivity index (χ4v) is 3.28. The van der Waals surface area contributed by atoms with Gasteiger partial charge in [0.25, 0.3) is 0 Å². The Labute approximate surface area is 117 Å². The Hall–Kier alpha value is -2.41. The van der Waals surface area contributed by atoms with Crippen LogP contribution in [0.2, 0.25) is 0 Å². The number of rotatable bonds is 1. The van der Waals surface area contributed by atoms with Gasteiger partial charge in [0.1, 0.15) is 21.1 Å². The minimum Gasteiger partial charge on any atom is -0.507 e. The maximum absolute atomic E-state index is 10.4. The number of phenolic OH excluding ortho intramolecular Hbond substituents is 1. The molecule has 0 aliphatic carbocycles. The first kappa shape index (κ1) is 11.4. The number of aryl methyl sites for hydroxylation is 2. The number of phenols is 1. The summed E-state index contributed by atoms with van der Waals surface area (Å²) in [5.41, 5.74) is 3.14. The second-order valence-corrected chi connectivity index (χ2v) is 5.74. The maximum Gasteiger partial charge on any atom is 0.139 e. The van der Waals surface area contributed by atoms with Gasteiger partial charge in [-0.25, -0.2) is 4.98 Å². The summed E-state index contributed by atoms with van der Waals surface area (Å²) in [4.78, 5) is 5.40. The molecular weight excluding hydrogens is 274 g/mol. The molecule has 0 aliphatic rings. The number of H-pyrrole nitrogens is 1. The molecule has 4 aromatic rings. The topological polar surface area (TPSA) is 79.6 Å². The minimum atomic E-state index is 0.237. The van der Waals surface area contributed by atoms with Crippen molar-refractivity contribution < 1.29 is 5.11 Å². The lowest BCUT2D eigenvalue weighted by Crippen LogP contribution is -1.87. The number of fused-ring (bicyclic) bond motifs is 2. The summed E-state index contributed by atoms with van der Waals surface area (Å²) in [5, 5.41) is 23.4. The van der Waals surface area contributed by atoms with Crippen LogP contribution in [0.1, 0.15) is 5.56 Å². The molecule has 3 aromatic heterocycles. The van der Waals surface area contributed by atoms with Gasteiger partial charge < -0.3 is 5.11 Å². The van der Waals surface area contributed by atoms with E-state index in [1.807, 2.05) is 26.2 Å². The van der Waals surface area contributed by atoms with E-state index in [2.05, 4.69) is 20.3 Å². The zero-order valence-corrected chi connectivity index (χ0v) is 11.7. The Morgan fingerprint density at radius 3 is 3.05 bits per heavy atom. The molecule has 0 saturated carbocycles. The van der Waals surface area contributed by atoms with Gasteiger partial charge in [-0.1, -0.05) is 11.3 Å². The second-order valence-electron chi connectivity index (χ2n) is 4.74. The van der Waals surface area contributed by atoms with Crippen molar-refractivity contribution in [1.82, 2.24) is 25.0 Å². The van der Waals surface area contributed by atoms with Crippen molar-refractivity contribution in [3.05, 3.63) is 24.0 Å². The predicted octanol–water partition coefficient (Wildman–Crippen LogP) is 2.59. The first-order valence-electron chi connectivity index (χ1n) is 6.09. The van der Waals surface area contributed by atoms with E-state index in [1.54, 1.807) is 10.9 Å². The third-order valence-corrected chi connectivity index (χ3v) is 4.37. The Morgan fingerprint density at radius 2 is 2.25 bits per heavy atom. The number of nitrogens with zero attached hydrogens (tertiary/aromatic N) is 4. The zero-order valence-electron chi connectivity index (χ0n) is 10.9. The third kappa shape index (κ3) is 1.47. The zero-order chi connectivity index (χ0) is 13.9. The van der Waals surface area contributed by atoms with Crippen LogP contribution in [-0.4, -0.2) is 30.1 Å². The summed E-state index contributed by atoms with van der Waals surface area (Å²) in [6.45, 7) is 1.87. The Kier molecular flexibility index (Phi) is 2.17. The average Bonchev–Trinajstić information content (AvgIpc) is 3.06. The molecule has 0 atom stereocenters. The molecule has 0 spiro atoms.